The first-order chi connectivity index (χ1) is 10.6. The van der Waals surface area contributed by atoms with Crippen LogP contribution in [0.4, 0.5) is 0 Å². The number of hydrogen-bond acceptors (Lipinski definition) is 2. The molecule has 22 heavy (non-hydrogen) atoms. The Kier molecular flexibility index (Phi) is 3.77. The fourth-order valence-electron chi connectivity index (χ4n) is 2.35. The van der Waals surface area contributed by atoms with Crippen molar-refractivity contribution >= 4 is 27.0 Å². The number of hydrogen-bond donors (Lipinski definition) is 0. The number of rotatable bonds is 3. The summed E-state index contributed by atoms with van der Waals surface area (Å²) >= 11 is 0. The number of nitrogens with zero attached hydrogens (tertiary/aromatic N) is 1. The predicted octanol–water partition coefficient (Wildman–Crippen LogP) is 3.96. The smallest absolute Gasteiger partial charge is 0.199 e. The van der Waals surface area contributed by atoms with Crippen molar-refractivity contribution in [1.82, 2.24) is 0 Å². The molecule has 0 aliphatic heterocycles. The van der Waals surface area contributed by atoms with E-state index in [1.54, 1.807) is 30.3 Å². The van der Waals surface area contributed by atoms with Crippen molar-refractivity contribution in [2.75, 3.05) is 0 Å². The largest absolute Gasteiger partial charge is 0.282 e. The topological polar surface area (TPSA) is 46.5 Å². The molecule has 0 aliphatic carbocycles. The van der Waals surface area contributed by atoms with Crippen LogP contribution in [0.1, 0.15) is 11.1 Å². The molecule has 0 atom stereocenters. The maximum atomic E-state index is 12.3. The lowest BCUT2D eigenvalue weighted by Gasteiger charge is -2.06. The van der Waals surface area contributed by atoms with Crippen LogP contribution < -0.4 is 0 Å². The number of aryl methyl sites for hydroxylation is 1. The van der Waals surface area contributed by atoms with Gasteiger partial charge in [0.05, 0.1) is 4.90 Å². The molecule has 0 radical (unpaired) electrons. The summed E-state index contributed by atoms with van der Waals surface area (Å²) in [6.07, 6.45) is 1.44. The normalized spacial score (nSPS) is 12.0. The summed E-state index contributed by atoms with van der Waals surface area (Å²) in [6, 6.07) is 20.1. The first kappa shape index (κ1) is 14.5. The zero-order chi connectivity index (χ0) is 15.6. The summed E-state index contributed by atoms with van der Waals surface area (Å²) in [5.74, 6) is 0. The molecule has 0 N–H and O–H groups in total. The molecule has 3 rings (SSSR count). The number of sulfonamides is 1. The Bertz CT molecular complexity index is 945. The van der Waals surface area contributed by atoms with E-state index in [2.05, 4.69) is 4.40 Å². The van der Waals surface area contributed by atoms with Crippen molar-refractivity contribution in [3.05, 3.63) is 77.9 Å². The molecular formula is C18H15NO2S. The summed E-state index contributed by atoms with van der Waals surface area (Å²) in [7, 11) is -3.67. The Morgan fingerprint density at radius 1 is 0.864 bits per heavy atom. The Balaban J connectivity index is 2.09. The fourth-order valence-corrected chi connectivity index (χ4v) is 3.22. The fraction of sp³-hybridized carbons (Fsp3) is 0.0556. The average molecular weight is 309 g/mol. The molecular weight excluding hydrogens is 294 g/mol. The van der Waals surface area contributed by atoms with E-state index in [1.165, 1.54) is 6.21 Å². The van der Waals surface area contributed by atoms with Gasteiger partial charge < -0.3 is 0 Å². The molecule has 0 heterocycles. The molecule has 110 valence electrons. The maximum absolute atomic E-state index is 12.3. The van der Waals surface area contributed by atoms with Crippen LogP contribution in [0, 0.1) is 6.92 Å². The molecule has 0 amide bonds. The lowest BCUT2D eigenvalue weighted by Crippen LogP contribution is -1.98. The van der Waals surface area contributed by atoms with E-state index in [0.29, 0.717) is 0 Å². The summed E-state index contributed by atoms with van der Waals surface area (Å²) in [5, 5.41) is 2.06. The first-order valence-electron chi connectivity index (χ1n) is 6.92. The third-order valence-corrected chi connectivity index (χ3v) is 4.80. The second-order valence-corrected chi connectivity index (χ2v) is 6.67. The number of benzene rings is 3. The van der Waals surface area contributed by atoms with Gasteiger partial charge in [0, 0.05) is 11.8 Å². The van der Waals surface area contributed by atoms with Gasteiger partial charge in [0.1, 0.15) is 0 Å². The van der Waals surface area contributed by atoms with E-state index in [1.807, 2.05) is 43.3 Å². The second kappa shape index (κ2) is 5.73. The Morgan fingerprint density at radius 2 is 1.55 bits per heavy atom. The SMILES string of the molecule is Cc1ccc2ccccc2c1/C=N/S(=O)(=O)c1ccccc1. The van der Waals surface area contributed by atoms with Crippen LogP contribution in [0.25, 0.3) is 10.8 Å². The minimum Gasteiger partial charge on any atom is -0.199 e. The lowest BCUT2D eigenvalue weighted by atomic mass is 10.0. The zero-order valence-corrected chi connectivity index (χ0v) is 12.9. The molecule has 3 aromatic rings. The van der Waals surface area contributed by atoms with Gasteiger partial charge in [0.2, 0.25) is 0 Å². The molecule has 0 spiro atoms. The Hall–Kier alpha value is -2.46. The molecule has 0 saturated carbocycles. The highest BCUT2D eigenvalue weighted by Crippen LogP contribution is 2.21. The van der Waals surface area contributed by atoms with Crippen molar-refractivity contribution in [1.29, 1.82) is 0 Å². The van der Waals surface area contributed by atoms with Crippen LogP contribution in [-0.2, 0) is 10.0 Å². The van der Waals surface area contributed by atoms with Gasteiger partial charge in [-0.05, 0) is 35.4 Å². The third-order valence-electron chi connectivity index (χ3n) is 3.55. The van der Waals surface area contributed by atoms with E-state index in [9.17, 15) is 8.42 Å². The molecule has 0 aliphatic rings. The zero-order valence-electron chi connectivity index (χ0n) is 12.1. The van der Waals surface area contributed by atoms with Gasteiger partial charge in [-0.15, -0.1) is 0 Å². The summed E-state index contributed by atoms with van der Waals surface area (Å²) in [4.78, 5) is 0.198. The van der Waals surface area contributed by atoms with Crippen molar-refractivity contribution in [2.45, 2.75) is 11.8 Å². The van der Waals surface area contributed by atoms with E-state index in [-0.39, 0.29) is 4.90 Å². The van der Waals surface area contributed by atoms with Gasteiger partial charge in [-0.1, -0.05) is 54.6 Å². The minimum absolute atomic E-state index is 0.198. The summed E-state index contributed by atoms with van der Waals surface area (Å²) < 4.78 is 28.4. The molecule has 0 saturated heterocycles. The van der Waals surface area contributed by atoms with E-state index < -0.39 is 10.0 Å². The quantitative estimate of drug-likeness (QED) is 0.688. The second-order valence-electron chi connectivity index (χ2n) is 5.04. The van der Waals surface area contributed by atoms with Crippen molar-refractivity contribution in [2.24, 2.45) is 4.40 Å². The average Bonchev–Trinajstić information content (AvgIpc) is 2.55. The molecule has 0 fully saturated rings. The third kappa shape index (κ3) is 2.78. The van der Waals surface area contributed by atoms with Gasteiger partial charge in [-0.2, -0.15) is 12.8 Å². The van der Waals surface area contributed by atoms with E-state index in [4.69, 9.17) is 0 Å². The van der Waals surface area contributed by atoms with Crippen molar-refractivity contribution < 1.29 is 8.42 Å². The van der Waals surface area contributed by atoms with Gasteiger partial charge in [-0.3, -0.25) is 0 Å². The molecule has 3 nitrogen and oxygen atoms in total. The van der Waals surface area contributed by atoms with Crippen LogP contribution in [0.2, 0.25) is 0 Å². The molecule has 3 aromatic carbocycles. The van der Waals surface area contributed by atoms with Crippen LogP contribution in [0.15, 0.2) is 76.0 Å². The van der Waals surface area contributed by atoms with Crippen LogP contribution in [0.5, 0.6) is 0 Å². The Morgan fingerprint density at radius 3 is 2.32 bits per heavy atom. The number of fused-ring (bicyclic) bond motifs is 1. The summed E-state index contributed by atoms with van der Waals surface area (Å²) in [6.45, 7) is 1.95. The molecule has 4 heteroatoms. The van der Waals surface area contributed by atoms with Crippen molar-refractivity contribution in [3.8, 4) is 0 Å². The molecule has 0 unspecified atom stereocenters. The van der Waals surface area contributed by atoms with Gasteiger partial charge in [0.25, 0.3) is 10.0 Å². The van der Waals surface area contributed by atoms with Gasteiger partial charge in [0.15, 0.2) is 0 Å². The van der Waals surface area contributed by atoms with E-state index in [0.717, 1.165) is 21.9 Å². The first-order valence-corrected chi connectivity index (χ1v) is 8.36. The van der Waals surface area contributed by atoms with Crippen LogP contribution >= 0.6 is 0 Å². The van der Waals surface area contributed by atoms with Gasteiger partial charge in [-0.25, -0.2) is 0 Å². The minimum atomic E-state index is -3.67. The van der Waals surface area contributed by atoms with E-state index >= 15 is 0 Å². The highest BCUT2D eigenvalue weighted by molar-refractivity contribution is 7.90. The summed E-state index contributed by atoms with van der Waals surface area (Å²) in [5.41, 5.74) is 1.82. The standard InChI is InChI=1S/C18H15NO2S/c1-14-11-12-15-7-5-6-10-17(15)18(14)13-19-22(20,21)16-8-3-2-4-9-16/h2-13H,1H3/b19-13+. The lowest BCUT2D eigenvalue weighted by molar-refractivity contribution is 0.598. The molecule has 0 bridgehead atoms. The van der Waals surface area contributed by atoms with Crippen LogP contribution in [0.3, 0.4) is 0 Å². The van der Waals surface area contributed by atoms with Gasteiger partial charge >= 0.3 is 0 Å². The Labute approximate surface area is 130 Å². The monoisotopic (exact) mass is 309 g/mol. The highest BCUT2D eigenvalue weighted by Gasteiger charge is 2.11. The van der Waals surface area contributed by atoms with Crippen LogP contribution in [-0.4, -0.2) is 14.6 Å². The predicted molar refractivity (Wildman–Crippen MR) is 89.9 cm³/mol. The van der Waals surface area contributed by atoms with Crippen molar-refractivity contribution in [3.63, 3.8) is 0 Å². The molecule has 0 aromatic heterocycles. The maximum Gasteiger partial charge on any atom is 0.282 e. The highest BCUT2D eigenvalue weighted by atomic mass is 32.2.